The van der Waals surface area contributed by atoms with Crippen molar-refractivity contribution in [2.75, 3.05) is 6.61 Å². The van der Waals surface area contributed by atoms with E-state index in [9.17, 15) is 9.59 Å². The maximum absolute atomic E-state index is 12.0. The summed E-state index contributed by atoms with van der Waals surface area (Å²) in [5.74, 6) is -0.416. The smallest absolute Gasteiger partial charge is 0.306 e. The number of carbonyl (C=O) groups is 2. The zero-order valence-corrected chi connectivity index (χ0v) is 27.1. The van der Waals surface area contributed by atoms with E-state index in [2.05, 4.69) is 62.5 Å². The Kier molecular flexibility index (Phi) is 30.8. The van der Waals surface area contributed by atoms with Crippen LogP contribution in [0.5, 0.6) is 0 Å². The van der Waals surface area contributed by atoms with Gasteiger partial charge in [0, 0.05) is 12.8 Å². The molecule has 0 N–H and O–H groups in total. The van der Waals surface area contributed by atoms with Crippen LogP contribution in [0.2, 0.25) is 0 Å². The lowest BCUT2D eigenvalue weighted by molar-refractivity contribution is -0.158. The molecule has 0 bridgehead atoms. The SMILES string of the molecule is CCC/C=C/C/C=C/C/C=C/C/C=C/CCCC(=O)OC(C)COC(=O)CCCCCCCCCCCCCCC. The van der Waals surface area contributed by atoms with Crippen molar-refractivity contribution < 1.29 is 19.1 Å². The summed E-state index contributed by atoms with van der Waals surface area (Å²) in [4.78, 5) is 24.0. The van der Waals surface area contributed by atoms with Gasteiger partial charge in [0.2, 0.25) is 0 Å². The topological polar surface area (TPSA) is 52.6 Å². The molecule has 0 aliphatic rings. The Morgan fingerprint density at radius 3 is 1.46 bits per heavy atom. The molecular formula is C37H64O4. The number of carbonyl (C=O) groups excluding carboxylic acids is 2. The minimum atomic E-state index is -0.403. The molecular weight excluding hydrogens is 508 g/mol. The number of unbranched alkanes of at least 4 members (excludes halogenated alkanes) is 14. The van der Waals surface area contributed by atoms with Gasteiger partial charge in [-0.2, -0.15) is 0 Å². The van der Waals surface area contributed by atoms with Crippen LogP contribution in [-0.4, -0.2) is 24.6 Å². The average Bonchev–Trinajstić information content (AvgIpc) is 2.96. The monoisotopic (exact) mass is 572 g/mol. The number of hydrogen-bond acceptors (Lipinski definition) is 4. The molecule has 4 nitrogen and oxygen atoms in total. The van der Waals surface area contributed by atoms with Gasteiger partial charge in [-0.1, -0.05) is 146 Å². The van der Waals surface area contributed by atoms with Crippen LogP contribution in [0, 0.1) is 0 Å². The summed E-state index contributed by atoms with van der Waals surface area (Å²) in [6.07, 6.45) is 41.5. The largest absolute Gasteiger partial charge is 0.462 e. The second kappa shape index (κ2) is 32.4. The third kappa shape index (κ3) is 32.3. The predicted octanol–water partition coefficient (Wildman–Crippen LogP) is 11.3. The molecule has 0 heterocycles. The van der Waals surface area contributed by atoms with Crippen molar-refractivity contribution in [3.63, 3.8) is 0 Å². The molecule has 1 atom stereocenters. The van der Waals surface area contributed by atoms with E-state index in [1.807, 2.05) is 0 Å². The molecule has 236 valence electrons. The van der Waals surface area contributed by atoms with Crippen molar-refractivity contribution in [1.29, 1.82) is 0 Å². The zero-order chi connectivity index (χ0) is 30.1. The Bertz CT molecular complexity index is 704. The normalized spacial score (nSPS) is 12.8. The standard InChI is InChI=1S/C37H64O4/c1-4-6-8-10-12-14-16-18-19-21-23-25-27-29-31-33-37(39)41-35(3)34-40-36(38)32-30-28-26-24-22-20-17-15-13-11-9-7-5-2/h8,10,14,16,19,21,25,27,35H,4-7,9,11-13,15,17-18,20,22-24,26,28-34H2,1-3H3/b10-8+,16-14+,21-19+,27-25+. The summed E-state index contributed by atoms with van der Waals surface area (Å²) in [6, 6.07) is 0. The van der Waals surface area contributed by atoms with Gasteiger partial charge in [0.25, 0.3) is 0 Å². The molecule has 0 aromatic carbocycles. The molecule has 0 fully saturated rings. The van der Waals surface area contributed by atoms with E-state index in [0.29, 0.717) is 12.8 Å². The molecule has 0 spiro atoms. The van der Waals surface area contributed by atoms with E-state index in [-0.39, 0.29) is 18.5 Å². The number of allylic oxidation sites excluding steroid dienone is 8. The Hall–Kier alpha value is -2.10. The minimum absolute atomic E-state index is 0.139. The van der Waals surface area contributed by atoms with E-state index >= 15 is 0 Å². The van der Waals surface area contributed by atoms with Crippen LogP contribution >= 0.6 is 0 Å². The molecule has 0 saturated heterocycles. The summed E-state index contributed by atoms with van der Waals surface area (Å²) >= 11 is 0. The predicted molar refractivity (Wildman–Crippen MR) is 176 cm³/mol. The van der Waals surface area contributed by atoms with E-state index in [1.54, 1.807) is 6.92 Å². The number of hydrogen-bond donors (Lipinski definition) is 0. The lowest BCUT2D eigenvalue weighted by atomic mass is 10.0. The van der Waals surface area contributed by atoms with Crippen molar-refractivity contribution in [2.45, 2.75) is 168 Å². The molecule has 0 aliphatic heterocycles. The van der Waals surface area contributed by atoms with Gasteiger partial charge < -0.3 is 9.47 Å². The van der Waals surface area contributed by atoms with Crippen LogP contribution in [0.25, 0.3) is 0 Å². The zero-order valence-electron chi connectivity index (χ0n) is 27.1. The van der Waals surface area contributed by atoms with Crippen LogP contribution in [0.4, 0.5) is 0 Å². The lowest BCUT2D eigenvalue weighted by Crippen LogP contribution is -2.22. The maximum atomic E-state index is 12.0. The van der Waals surface area contributed by atoms with Gasteiger partial charge in [0.05, 0.1) is 0 Å². The Balaban J connectivity index is 3.57. The Labute approximate surface area is 254 Å². The van der Waals surface area contributed by atoms with E-state index < -0.39 is 6.10 Å². The Morgan fingerprint density at radius 1 is 0.512 bits per heavy atom. The molecule has 0 rings (SSSR count). The summed E-state index contributed by atoms with van der Waals surface area (Å²) in [6.45, 7) is 6.37. The highest BCUT2D eigenvalue weighted by Gasteiger charge is 2.12. The summed E-state index contributed by atoms with van der Waals surface area (Å²) in [5.41, 5.74) is 0. The number of esters is 2. The van der Waals surface area contributed by atoms with E-state index in [0.717, 1.165) is 51.4 Å². The summed E-state index contributed by atoms with van der Waals surface area (Å²) < 4.78 is 10.7. The first kappa shape index (κ1) is 38.9. The summed E-state index contributed by atoms with van der Waals surface area (Å²) in [5, 5.41) is 0. The van der Waals surface area contributed by atoms with Crippen molar-refractivity contribution in [3.8, 4) is 0 Å². The maximum Gasteiger partial charge on any atom is 0.306 e. The first-order valence-electron chi connectivity index (χ1n) is 17.0. The second-order valence-electron chi connectivity index (χ2n) is 11.2. The highest BCUT2D eigenvalue weighted by atomic mass is 16.6. The molecule has 0 aromatic heterocycles. The van der Waals surface area contributed by atoms with Gasteiger partial charge in [0.1, 0.15) is 12.7 Å². The van der Waals surface area contributed by atoms with Gasteiger partial charge in [-0.05, 0) is 51.9 Å². The molecule has 1 unspecified atom stereocenters. The molecule has 0 amide bonds. The third-order valence-electron chi connectivity index (χ3n) is 6.99. The highest BCUT2D eigenvalue weighted by Crippen LogP contribution is 2.13. The fourth-order valence-electron chi connectivity index (χ4n) is 4.47. The molecule has 0 saturated carbocycles. The first-order chi connectivity index (χ1) is 20.1. The van der Waals surface area contributed by atoms with Gasteiger partial charge in [-0.25, -0.2) is 0 Å². The lowest BCUT2D eigenvalue weighted by Gasteiger charge is -2.13. The van der Waals surface area contributed by atoms with Crippen LogP contribution < -0.4 is 0 Å². The number of ether oxygens (including phenoxy) is 2. The van der Waals surface area contributed by atoms with Gasteiger partial charge >= 0.3 is 11.9 Å². The average molecular weight is 573 g/mol. The van der Waals surface area contributed by atoms with E-state index in [4.69, 9.17) is 9.47 Å². The van der Waals surface area contributed by atoms with Crippen molar-refractivity contribution in [2.24, 2.45) is 0 Å². The first-order valence-corrected chi connectivity index (χ1v) is 17.0. The highest BCUT2D eigenvalue weighted by molar-refractivity contribution is 5.70. The van der Waals surface area contributed by atoms with Crippen LogP contribution in [0.15, 0.2) is 48.6 Å². The van der Waals surface area contributed by atoms with Crippen molar-refractivity contribution >= 4 is 11.9 Å². The molecule has 41 heavy (non-hydrogen) atoms. The van der Waals surface area contributed by atoms with Gasteiger partial charge in [-0.15, -0.1) is 0 Å². The molecule has 0 aliphatic carbocycles. The minimum Gasteiger partial charge on any atom is -0.462 e. The van der Waals surface area contributed by atoms with Crippen molar-refractivity contribution in [3.05, 3.63) is 48.6 Å². The summed E-state index contributed by atoms with van der Waals surface area (Å²) in [7, 11) is 0. The van der Waals surface area contributed by atoms with Crippen molar-refractivity contribution in [1.82, 2.24) is 0 Å². The fourth-order valence-corrected chi connectivity index (χ4v) is 4.47. The molecule has 4 heteroatoms. The van der Waals surface area contributed by atoms with E-state index in [1.165, 1.54) is 77.0 Å². The van der Waals surface area contributed by atoms with Gasteiger partial charge in [0.15, 0.2) is 0 Å². The fraction of sp³-hybridized carbons (Fsp3) is 0.730. The quantitative estimate of drug-likeness (QED) is 0.0508. The van der Waals surface area contributed by atoms with Crippen LogP contribution in [0.3, 0.4) is 0 Å². The third-order valence-corrected chi connectivity index (χ3v) is 6.99. The second-order valence-corrected chi connectivity index (χ2v) is 11.2. The van der Waals surface area contributed by atoms with Crippen LogP contribution in [-0.2, 0) is 19.1 Å². The Morgan fingerprint density at radius 2 is 0.951 bits per heavy atom. The number of rotatable bonds is 29. The molecule has 0 radical (unpaired) electrons. The van der Waals surface area contributed by atoms with Gasteiger partial charge in [-0.3, -0.25) is 9.59 Å². The molecule has 0 aromatic rings. The van der Waals surface area contributed by atoms with Crippen LogP contribution in [0.1, 0.15) is 162 Å².